The van der Waals surface area contributed by atoms with Gasteiger partial charge in [-0.1, -0.05) is 11.6 Å². The average Bonchev–Trinajstić information content (AvgIpc) is 2.81. The van der Waals surface area contributed by atoms with Gasteiger partial charge in [-0.3, -0.25) is 5.10 Å². The summed E-state index contributed by atoms with van der Waals surface area (Å²) in [5.74, 6) is 1.20. The van der Waals surface area contributed by atoms with E-state index in [1.54, 1.807) is 6.20 Å². The fourth-order valence-electron chi connectivity index (χ4n) is 2.06. The van der Waals surface area contributed by atoms with Crippen molar-refractivity contribution in [1.82, 2.24) is 20.2 Å². The molecule has 0 saturated heterocycles. The summed E-state index contributed by atoms with van der Waals surface area (Å²) in [6, 6.07) is 3.67. The first kappa shape index (κ1) is 12.7. The van der Waals surface area contributed by atoms with Crippen LogP contribution in [0, 0.1) is 13.8 Å². The molecule has 2 heterocycles. The number of rotatable bonds is 2. The predicted molar refractivity (Wildman–Crippen MR) is 77.1 cm³/mol. The quantitative estimate of drug-likeness (QED) is 0.757. The van der Waals surface area contributed by atoms with Crippen molar-refractivity contribution in [2.24, 2.45) is 0 Å². The number of aromatic amines is 1. The molecular formula is C13H12ClN5O. The largest absolute Gasteiger partial charge is 0.437 e. The van der Waals surface area contributed by atoms with Crippen LogP contribution < -0.4 is 10.5 Å². The first-order chi connectivity index (χ1) is 9.54. The van der Waals surface area contributed by atoms with E-state index in [1.807, 2.05) is 26.0 Å². The summed E-state index contributed by atoms with van der Waals surface area (Å²) in [4.78, 5) is 8.17. The summed E-state index contributed by atoms with van der Waals surface area (Å²) in [5.41, 5.74) is 8.05. The Labute approximate surface area is 119 Å². The van der Waals surface area contributed by atoms with Gasteiger partial charge in [0.1, 0.15) is 11.1 Å². The summed E-state index contributed by atoms with van der Waals surface area (Å²) in [5, 5.41) is 8.01. The molecule has 0 unspecified atom stereocenters. The molecule has 1 aromatic carbocycles. The Balaban J connectivity index is 2.12. The molecule has 0 spiro atoms. The summed E-state index contributed by atoms with van der Waals surface area (Å²) in [6.07, 6.45) is 1.60. The number of ether oxygens (including phenoxy) is 1. The van der Waals surface area contributed by atoms with Gasteiger partial charge in [0.05, 0.1) is 6.20 Å². The van der Waals surface area contributed by atoms with E-state index in [2.05, 4.69) is 20.2 Å². The second-order valence-corrected chi connectivity index (χ2v) is 4.93. The number of nitrogens with two attached hydrogens (primary N) is 1. The molecule has 0 amide bonds. The van der Waals surface area contributed by atoms with Gasteiger partial charge in [0, 0.05) is 5.02 Å². The Bertz CT molecular complexity index is 776. The summed E-state index contributed by atoms with van der Waals surface area (Å²) in [6.45, 7) is 3.84. The summed E-state index contributed by atoms with van der Waals surface area (Å²) in [7, 11) is 0. The zero-order chi connectivity index (χ0) is 14.3. The van der Waals surface area contributed by atoms with Crippen LogP contribution >= 0.6 is 11.6 Å². The number of H-pyrrole nitrogens is 1. The highest BCUT2D eigenvalue weighted by Gasteiger charge is 2.13. The lowest BCUT2D eigenvalue weighted by molar-refractivity contribution is 0.462. The molecule has 0 fully saturated rings. The van der Waals surface area contributed by atoms with Crippen molar-refractivity contribution < 1.29 is 4.74 Å². The molecule has 0 radical (unpaired) electrons. The van der Waals surface area contributed by atoms with Crippen LogP contribution in [-0.4, -0.2) is 20.2 Å². The molecule has 2 aromatic heterocycles. The molecule has 6 nitrogen and oxygen atoms in total. The molecule has 3 aromatic rings. The van der Waals surface area contributed by atoms with E-state index in [0.717, 1.165) is 11.1 Å². The van der Waals surface area contributed by atoms with Crippen LogP contribution in [0.3, 0.4) is 0 Å². The molecule has 3 N–H and O–H groups in total. The number of hydrogen-bond acceptors (Lipinski definition) is 5. The highest BCUT2D eigenvalue weighted by atomic mass is 35.5. The Kier molecular flexibility index (Phi) is 2.94. The number of benzene rings is 1. The summed E-state index contributed by atoms with van der Waals surface area (Å²) >= 11 is 6.01. The fraction of sp³-hybridized carbons (Fsp3) is 0.154. The normalized spacial score (nSPS) is 10.9. The molecule has 0 aliphatic carbocycles. The van der Waals surface area contributed by atoms with Crippen LogP contribution in [0.25, 0.3) is 11.0 Å². The highest BCUT2D eigenvalue weighted by Crippen LogP contribution is 2.33. The van der Waals surface area contributed by atoms with Crippen LogP contribution in [-0.2, 0) is 0 Å². The van der Waals surface area contributed by atoms with Crippen molar-refractivity contribution in [2.75, 3.05) is 5.73 Å². The number of halogens is 1. The molecule has 0 aliphatic rings. The maximum absolute atomic E-state index is 6.01. The molecule has 0 saturated carbocycles. The lowest BCUT2D eigenvalue weighted by Gasteiger charge is -2.12. The molecule has 20 heavy (non-hydrogen) atoms. The minimum atomic E-state index is 0.126. The highest BCUT2D eigenvalue weighted by molar-refractivity contribution is 6.30. The molecule has 0 bridgehead atoms. The number of nitrogen functional groups attached to an aromatic ring is 1. The monoisotopic (exact) mass is 289 g/mol. The first-order valence-corrected chi connectivity index (χ1v) is 6.33. The third-order valence-corrected chi connectivity index (χ3v) is 3.13. The van der Waals surface area contributed by atoms with Crippen LogP contribution in [0.5, 0.6) is 11.6 Å². The van der Waals surface area contributed by atoms with Gasteiger partial charge in [0.2, 0.25) is 11.8 Å². The second-order valence-electron chi connectivity index (χ2n) is 4.49. The van der Waals surface area contributed by atoms with E-state index in [9.17, 15) is 0 Å². The lowest BCUT2D eigenvalue weighted by Crippen LogP contribution is -1.99. The number of hydrogen-bond donors (Lipinski definition) is 2. The van der Waals surface area contributed by atoms with Gasteiger partial charge in [-0.15, -0.1) is 0 Å². The third kappa shape index (κ3) is 2.14. The number of aryl methyl sites for hydroxylation is 2. The van der Waals surface area contributed by atoms with Gasteiger partial charge in [-0.05, 0) is 37.1 Å². The minimum absolute atomic E-state index is 0.126. The Hall–Kier alpha value is -2.34. The number of fused-ring (bicyclic) bond motifs is 1. The Morgan fingerprint density at radius 1 is 1.20 bits per heavy atom. The minimum Gasteiger partial charge on any atom is -0.437 e. The van der Waals surface area contributed by atoms with Crippen molar-refractivity contribution in [3.63, 3.8) is 0 Å². The molecule has 3 rings (SSSR count). The van der Waals surface area contributed by atoms with Gasteiger partial charge in [-0.25, -0.2) is 0 Å². The first-order valence-electron chi connectivity index (χ1n) is 5.96. The second kappa shape index (κ2) is 4.64. The number of anilines is 1. The van der Waals surface area contributed by atoms with Crippen molar-refractivity contribution in [3.05, 3.63) is 34.5 Å². The van der Waals surface area contributed by atoms with Crippen LogP contribution in [0.4, 0.5) is 5.95 Å². The van der Waals surface area contributed by atoms with Crippen LogP contribution in [0.1, 0.15) is 11.1 Å². The Morgan fingerprint density at radius 3 is 2.60 bits per heavy atom. The fourth-order valence-corrected chi connectivity index (χ4v) is 2.39. The van der Waals surface area contributed by atoms with Crippen molar-refractivity contribution in [1.29, 1.82) is 0 Å². The zero-order valence-corrected chi connectivity index (χ0v) is 11.7. The molecule has 102 valence electrons. The SMILES string of the molecule is Cc1cc(Cl)cc(C)c1Oc1nc(N)nc2[nH]ncc12. The summed E-state index contributed by atoms with van der Waals surface area (Å²) < 4.78 is 5.90. The molecule has 0 aliphatic heterocycles. The average molecular weight is 290 g/mol. The van der Waals surface area contributed by atoms with Gasteiger partial charge >= 0.3 is 0 Å². The van der Waals surface area contributed by atoms with E-state index in [0.29, 0.717) is 27.7 Å². The lowest BCUT2D eigenvalue weighted by atomic mass is 10.1. The zero-order valence-electron chi connectivity index (χ0n) is 10.9. The maximum Gasteiger partial charge on any atom is 0.235 e. The van der Waals surface area contributed by atoms with Gasteiger partial charge in [-0.2, -0.15) is 15.1 Å². The van der Waals surface area contributed by atoms with E-state index in [-0.39, 0.29) is 5.95 Å². The number of aromatic nitrogens is 4. The van der Waals surface area contributed by atoms with Crippen LogP contribution in [0.15, 0.2) is 18.3 Å². The predicted octanol–water partition coefficient (Wildman–Crippen LogP) is 3.00. The maximum atomic E-state index is 6.01. The van der Waals surface area contributed by atoms with E-state index < -0.39 is 0 Å². The topological polar surface area (TPSA) is 89.7 Å². The van der Waals surface area contributed by atoms with E-state index in [1.165, 1.54) is 0 Å². The molecule has 0 atom stereocenters. The van der Waals surface area contributed by atoms with Crippen molar-refractivity contribution >= 4 is 28.6 Å². The van der Waals surface area contributed by atoms with E-state index in [4.69, 9.17) is 22.1 Å². The van der Waals surface area contributed by atoms with Crippen molar-refractivity contribution in [3.8, 4) is 11.6 Å². The smallest absolute Gasteiger partial charge is 0.235 e. The van der Waals surface area contributed by atoms with Gasteiger partial charge in [0.15, 0.2) is 5.65 Å². The molecular weight excluding hydrogens is 278 g/mol. The third-order valence-electron chi connectivity index (χ3n) is 2.92. The van der Waals surface area contributed by atoms with Gasteiger partial charge < -0.3 is 10.5 Å². The van der Waals surface area contributed by atoms with Gasteiger partial charge in [0.25, 0.3) is 0 Å². The molecule has 7 heteroatoms. The number of nitrogens with one attached hydrogen (secondary N) is 1. The standard InChI is InChI=1S/C13H12ClN5O/c1-6-3-8(14)4-7(2)10(6)20-12-9-5-16-19-11(9)17-13(15)18-12/h3-5H,1-2H3,(H3,15,16,17,18,19). The van der Waals surface area contributed by atoms with Crippen molar-refractivity contribution in [2.45, 2.75) is 13.8 Å². The van der Waals surface area contributed by atoms with E-state index >= 15 is 0 Å². The Morgan fingerprint density at radius 2 is 1.90 bits per heavy atom. The number of nitrogens with zero attached hydrogens (tertiary/aromatic N) is 3. The van der Waals surface area contributed by atoms with Crippen LogP contribution in [0.2, 0.25) is 5.02 Å².